The average molecular weight is 276 g/mol. The monoisotopic (exact) mass is 276 g/mol. The summed E-state index contributed by atoms with van der Waals surface area (Å²) in [5, 5.41) is 7.77. The van der Waals surface area contributed by atoms with E-state index >= 15 is 0 Å². The van der Waals surface area contributed by atoms with E-state index in [2.05, 4.69) is 46.3 Å². The highest BCUT2D eigenvalue weighted by molar-refractivity contribution is 6.06. The van der Waals surface area contributed by atoms with Crippen molar-refractivity contribution in [2.75, 3.05) is 14.2 Å². The summed E-state index contributed by atoms with van der Waals surface area (Å²) in [5.41, 5.74) is 3.26. The SMILES string of the molecule is CCCCCc1ccc(/C(C/C=N/OC)=N/OC)cc1. The standard InChI is InChI=1S/C16H24N2O2/c1-4-5-6-7-14-8-10-15(11-9-14)16(18-20-3)12-13-17-19-2/h8-11,13H,4-7,12H2,1-3H3/b17-13+,18-16+. The van der Waals surface area contributed by atoms with Crippen LogP contribution in [0.2, 0.25) is 0 Å². The van der Waals surface area contributed by atoms with Crippen LogP contribution in [0.15, 0.2) is 34.6 Å². The summed E-state index contributed by atoms with van der Waals surface area (Å²) in [4.78, 5) is 9.54. The quantitative estimate of drug-likeness (QED) is 0.391. The highest BCUT2D eigenvalue weighted by Crippen LogP contribution is 2.11. The van der Waals surface area contributed by atoms with Crippen LogP contribution in [0.1, 0.15) is 43.7 Å². The van der Waals surface area contributed by atoms with Crippen molar-refractivity contribution in [1.82, 2.24) is 0 Å². The molecule has 4 nitrogen and oxygen atoms in total. The van der Waals surface area contributed by atoms with Gasteiger partial charge < -0.3 is 9.68 Å². The maximum Gasteiger partial charge on any atom is 0.106 e. The molecule has 0 aliphatic rings. The molecule has 0 saturated carbocycles. The molecule has 0 unspecified atom stereocenters. The molecular weight excluding hydrogens is 252 g/mol. The van der Waals surface area contributed by atoms with E-state index in [0.29, 0.717) is 6.42 Å². The maximum absolute atomic E-state index is 4.88. The van der Waals surface area contributed by atoms with Crippen molar-refractivity contribution < 1.29 is 9.68 Å². The molecule has 0 aliphatic heterocycles. The van der Waals surface area contributed by atoms with Crippen LogP contribution in [-0.2, 0) is 16.1 Å². The Balaban J connectivity index is 2.67. The third kappa shape index (κ3) is 5.87. The Bertz CT molecular complexity index is 425. The molecule has 0 fully saturated rings. The number of oxime groups is 2. The molecular formula is C16H24N2O2. The summed E-state index contributed by atoms with van der Waals surface area (Å²) in [7, 11) is 3.07. The molecule has 0 amide bonds. The van der Waals surface area contributed by atoms with Gasteiger partial charge in [0.2, 0.25) is 0 Å². The summed E-state index contributed by atoms with van der Waals surface area (Å²) in [6, 6.07) is 8.48. The molecule has 1 aromatic rings. The van der Waals surface area contributed by atoms with Crippen molar-refractivity contribution in [3.05, 3.63) is 35.4 Å². The molecule has 0 atom stereocenters. The lowest BCUT2D eigenvalue weighted by molar-refractivity contribution is 0.212. The molecule has 0 radical (unpaired) electrons. The van der Waals surface area contributed by atoms with Crippen LogP contribution in [0, 0.1) is 0 Å². The van der Waals surface area contributed by atoms with Gasteiger partial charge in [-0.1, -0.05) is 54.3 Å². The van der Waals surface area contributed by atoms with Crippen molar-refractivity contribution in [1.29, 1.82) is 0 Å². The largest absolute Gasteiger partial charge is 0.399 e. The number of unbranched alkanes of at least 4 members (excludes halogenated alkanes) is 2. The minimum Gasteiger partial charge on any atom is -0.399 e. The topological polar surface area (TPSA) is 43.2 Å². The minimum absolute atomic E-state index is 0.580. The van der Waals surface area contributed by atoms with Gasteiger partial charge in [-0.2, -0.15) is 0 Å². The second kappa shape index (κ2) is 10.0. The molecule has 0 N–H and O–H groups in total. The van der Waals surface area contributed by atoms with Crippen molar-refractivity contribution in [2.24, 2.45) is 10.3 Å². The first kappa shape index (κ1) is 16.2. The van der Waals surface area contributed by atoms with E-state index in [1.54, 1.807) is 13.3 Å². The molecule has 110 valence electrons. The molecule has 1 aromatic carbocycles. The third-order valence-corrected chi connectivity index (χ3v) is 3.02. The predicted molar refractivity (Wildman–Crippen MR) is 83.3 cm³/mol. The predicted octanol–water partition coefficient (Wildman–Crippen LogP) is 3.79. The summed E-state index contributed by atoms with van der Waals surface area (Å²) in [6.07, 6.45) is 7.17. The number of rotatable bonds is 9. The first-order valence-corrected chi connectivity index (χ1v) is 7.06. The maximum atomic E-state index is 4.88. The van der Waals surface area contributed by atoms with Gasteiger partial charge in [-0.15, -0.1) is 0 Å². The van der Waals surface area contributed by atoms with Crippen molar-refractivity contribution in [3.8, 4) is 0 Å². The van der Waals surface area contributed by atoms with Crippen molar-refractivity contribution in [3.63, 3.8) is 0 Å². The molecule has 0 bridgehead atoms. The van der Waals surface area contributed by atoms with Crippen LogP contribution in [0.3, 0.4) is 0 Å². The van der Waals surface area contributed by atoms with E-state index in [4.69, 9.17) is 4.84 Å². The van der Waals surface area contributed by atoms with E-state index < -0.39 is 0 Å². The number of hydrogen-bond donors (Lipinski definition) is 0. The summed E-state index contributed by atoms with van der Waals surface area (Å²) in [5.74, 6) is 0. The van der Waals surface area contributed by atoms with Gasteiger partial charge in [0, 0.05) is 12.6 Å². The summed E-state index contributed by atoms with van der Waals surface area (Å²) >= 11 is 0. The summed E-state index contributed by atoms with van der Waals surface area (Å²) < 4.78 is 0. The van der Waals surface area contributed by atoms with Gasteiger partial charge in [-0.25, -0.2) is 0 Å². The Morgan fingerprint density at radius 1 is 1.10 bits per heavy atom. The number of hydrogen-bond acceptors (Lipinski definition) is 4. The Labute approximate surface area is 121 Å². The number of aryl methyl sites for hydroxylation is 1. The van der Waals surface area contributed by atoms with E-state index in [-0.39, 0.29) is 0 Å². The van der Waals surface area contributed by atoms with Crippen LogP contribution >= 0.6 is 0 Å². The van der Waals surface area contributed by atoms with E-state index in [1.807, 2.05) is 0 Å². The van der Waals surface area contributed by atoms with Gasteiger partial charge in [0.1, 0.15) is 14.2 Å². The number of nitrogens with zero attached hydrogens (tertiary/aromatic N) is 2. The molecule has 1 rings (SSSR count). The fourth-order valence-corrected chi connectivity index (χ4v) is 1.96. The molecule has 0 heterocycles. The second-order valence-corrected chi connectivity index (χ2v) is 4.55. The van der Waals surface area contributed by atoms with Crippen LogP contribution in [0.25, 0.3) is 0 Å². The van der Waals surface area contributed by atoms with E-state index in [9.17, 15) is 0 Å². The summed E-state index contributed by atoms with van der Waals surface area (Å²) in [6.45, 7) is 2.22. The smallest absolute Gasteiger partial charge is 0.106 e. The van der Waals surface area contributed by atoms with Crippen LogP contribution in [0.5, 0.6) is 0 Å². The number of benzene rings is 1. The third-order valence-electron chi connectivity index (χ3n) is 3.02. The van der Waals surface area contributed by atoms with Crippen molar-refractivity contribution in [2.45, 2.75) is 39.0 Å². The lowest BCUT2D eigenvalue weighted by Gasteiger charge is -2.05. The molecule has 0 saturated heterocycles. The van der Waals surface area contributed by atoms with E-state index in [0.717, 1.165) is 17.7 Å². The molecule has 0 aromatic heterocycles. The zero-order valence-electron chi connectivity index (χ0n) is 12.6. The highest BCUT2D eigenvalue weighted by atomic mass is 16.6. The van der Waals surface area contributed by atoms with Crippen molar-refractivity contribution >= 4 is 11.9 Å². The van der Waals surface area contributed by atoms with Gasteiger partial charge in [0.05, 0.1) is 5.71 Å². The molecule has 0 aliphatic carbocycles. The Morgan fingerprint density at radius 2 is 1.85 bits per heavy atom. The minimum atomic E-state index is 0.580. The van der Waals surface area contributed by atoms with Gasteiger partial charge in [0.15, 0.2) is 0 Å². The Morgan fingerprint density at radius 3 is 2.45 bits per heavy atom. The average Bonchev–Trinajstić information content (AvgIpc) is 2.48. The van der Waals surface area contributed by atoms with Gasteiger partial charge >= 0.3 is 0 Å². The van der Waals surface area contributed by atoms with Crippen LogP contribution < -0.4 is 0 Å². The van der Waals surface area contributed by atoms with Gasteiger partial charge in [-0.05, 0) is 24.0 Å². The fraction of sp³-hybridized carbons (Fsp3) is 0.500. The van der Waals surface area contributed by atoms with Crippen LogP contribution in [-0.4, -0.2) is 26.1 Å². The van der Waals surface area contributed by atoms with Gasteiger partial charge in [0.25, 0.3) is 0 Å². The fourth-order valence-electron chi connectivity index (χ4n) is 1.96. The van der Waals surface area contributed by atoms with Crippen LogP contribution in [0.4, 0.5) is 0 Å². The molecule has 20 heavy (non-hydrogen) atoms. The molecule has 0 spiro atoms. The van der Waals surface area contributed by atoms with Gasteiger partial charge in [-0.3, -0.25) is 0 Å². The Hall–Kier alpha value is -1.84. The second-order valence-electron chi connectivity index (χ2n) is 4.55. The highest BCUT2D eigenvalue weighted by Gasteiger charge is 2.04. The zero-order chi connectivity index (χ0) is 14.6. The Kier molecular flexibility index (Phi) is 8.11. The first-order chi connectivity index (χ1) is 9.81. The molecule has 4 heteroatoms. The first-order valence-electron chi connectivity index (χ1n) is 7.06. The zero-order valence-corrected chi connectivity index (χ0v) is 12.6. The lowest BCUT2D eigenvalue weighted by Crippen LogP contribution is -2.03. The lowest BCUT2D eigenvalue weighted by atomic mass is 10.0. The van der Waals surface area contributed by atoms with E-state index in [1.165, 1.54) is 31.9 Å². The normalized spacial score (nSPS) is 11.8.